The standard InChI is InChI=1S/C17H27NO2/c1-14-6-5-7-15(12-14)16(19)8-11-18(2)13-17(20)9-3-4-10-17/h5-7,12,16,19-20H,3-4,8-11,13H2,1-2H3. The van der Waals surface area contributed by atoms with Crippen LogP contribution in [0.25, 0.3) is 0 Å². The summed E-state index contributed by atoms with van der Waals surface area (Å²) >= 11 is 0. The lowest BCUT2D eigenvalue weighted by atomic mass is 10.0. The highest BCUT2D eigenvalue weighted by molar-refractivity contribution is 5.23. The van der Waals surface area contributed by atoms with Crippen LogP contribution in [-0.4, -0.2) is 40.9 Å². The fourth-order valence-electron chi connectivity index (χ4n) is 3.16. The third-order valence-corrected chi connectivity index (χ3v) is 4.31. The van der Waals surface area contributed by atoms with Gasteiger partial charge in [-0.25, -0.2) is 0 Å². The van der Waals surface area contributed by atoms with E-state index in [-0.39, 0.29) is 0 Å². The molecule has 1 fully saturated rings. The molecule has 0 radical (unpaired) electrons. The van der Waals surface area contributed by atoms with Crippen molar-refractivity contribution in [1.82, 2.24) is 4.90 Å². The third kappa shape index (κ3) is 4.30. The molecule has 1 saturated carbocycles. The van der Waals surface area contributed by atoms with Gasteiger partial charge in [-0.2, -0.15) is 0 Å². The summed E-state index contributed by atoms with van der Waals surface area (Å²) in [5, 5.41) is 20.6. The summed E-state index contributed by atoms with van der Waals surface area (Å²) in [4.78, 5) is 2.14. The van der Waals surface area contributed by atoms with Gasteiger partial charge in [-0.15, -0.1) is 0 Å². The predicted molar refractivity (Wildman–Crippen MR) is 81.7 cm³/mol. The highest BCUT2D eigenvalue weighted by Crippen LogP contribution is 2.30. The summed E-state index contributed by atoms with van der Waals surface area (Å²) in [6.07, 6.45) is 4.38. The van der Waals surface area contributed by atoms with Gasteiger partial charge in [0.25, 0.3) is 0 Å². The van der Waals surface area contributed by atoms with Crippen molar-refractivity contribution in [1.29, 1.82) is 0 Å². The molecule has 1 unspecified atom stereocenters. The van der Waals surface area contributed by atoms with Gasteiger partial charge < -0.3 is 15.1 Å². The number of benzene rings is 1. The van der Waals surface area contributed by atoms with Crippen LogP contribution in [0.3, 0.4) is 0 Å². The van der Waals surface area contributed by atoms with Crippen LogP contribution in [0.1, 0.15) is 49.3 Å². The van der Waals surface area contributed by atoms with E-state index in [4.69, 9.17) is 0 Å². The van der Waals surface area contributed by atoms with Crippen LogP contribution in [-0.2, 0) is 0 Å². The first-order chi connectivity index (χ1) is 9.48. The lowest BCUT2D eigenvalue weighted by Gasteiger charge is -2.29. The van der Waals surface area contributed by atoms with E-state index in [1.165, 1.54) is 5.56 Å². The summed E-state index contributed by atoms with van der Waals surface area (Å²) in [7, 11) is 2.03. The van der Waals surface area contributed by atoms with Crippen molar-refractivity contribution in [3.05, 3.63) is 35.4 Å². The number of aryl methyl sites for hydroxylation is 1. The zero-order chi connectivity index (χ0) is 14.6. The van der Waals surface area contributed by atoms with Crippen LogP contribution < -0.4 is 0 Å². The Morgan fingerprint density at radius 3 is 2.65 bits per heavy atom. The first-order valence-electron chi connectivity index (χ1n) is 7.64. The van der Waals surface area contributed by atoms with Crippen LogP contribution in [0.4, 0.5) is 0 Å². The summed E-state index contributed by atoms with van der Waals surface area (Å²) in [5.41, 5.74) is 1.66. The molecule has 0 spiro atoms. The van der Waals surface area contributed by atoms with E-state index in [1.807, 2.05) is 38.2 Å². The summed E-state index contributed by atoms with van der Waals surface area (Å²) in [5.74, 6) is 0. The molecule has 1 aromatic rings. The minimum Gasteiger partial charge on any atom is -0.389 e. The van der Waals surface area contributed by atoms with Crippen LogP contribution >= 0.6 is 0 Å². The van der Waals surface area contributed by atoms with Gasteiger partial charge in [0.2, 0.25) is 0 Å². The van der Waals surface area contributed by atoms with Gasteiger partial charge in [0.1, 0.15) is 0 Å². The number of aliphatic hydroxyl groups excluding tert-OH is 1. The number of nitrogens with zero attached hydrogens (tertiary/aromatic N) is 1. The summed E-state index contributed by atoms with van der Waals surface area (Å²) in [6.45, 7) is 3.56. The Balaban J connectivity index is 1.79. The molecule has 0 saturated heterocycles. The largest absolute Gasteiger partial charge is 0.389 e. The average Bonchev–Trinajstić information content (AvgIpc) is 2.82. The van der Waals surface area contributed by atoms with Gasteiger partial charge in [-0.05, 0) is 38.8 Å². The molecule has 1 aromatic carbocycles. The highest BCUT2D eigenvalue weighted by Gasteiger charge is 2.32. The Kier molecular flexibility index (Phi) is 5.19. The van der Waals surface area contributed by atoms with E-state index in [9.17, 15) is 10.2 Å². The number of hydrogen-bond acceptors (Lipinski definition) is 3. The second kappa shape index (κ2) is 6.70. The molecule has 3 nitrogen and oxygen atoms in total. The van der Waals surface area contributed by atoms with Crippen molar-refractivity contribution in [2.24, 2.45) is 0 Å². The monoisotopic (exact) mass is 277 g/mol. The first-order valence-corrected chi connectivity index (χ1v) is 7.64. The Morgan fingerprint density at radius 1 is 1.30 bits per heavy atom. The molecule has 1 aliphatic carbocycles. The van der Waals surface area contributed by atoms with Crippen molar-refractivity contribution in [2.45, 2.75) is 50.7 Å². The second-order valence-electron chi connectivity index (χ2n) is 6.39. The molecular weight excluding hydrogens is 250 g/mol. The Bertz CT molecular complexity index is 427. The Morgan fingerprint density at radius 2 is 2.00 bits per heavy atom. The van der Waals surface area contributed by atoms with E-state index >= 15 is 0 Å². The smallest absolute Gasteiger partial charge is 0.0802 e. The van der Waals surface area contributed by atoms with Crippen LogP contribution in [0, 0.1) is 6.92 Å². The van der Waals surface area contributed by atoms with Gasteiger partial charge in [0.05, 0.1) is 11.7 Å². The molecule has 2 rings (SSSR count). The fourth-order valence-corrected chi connectivity index (χ4v) is 3.16. The van der Waals surface area contributed by atoms with Crippen molar-refractivity contribution < 1.29 is 10.2 Å². The van der Waals surface area contributed by atoms with Gasteiger partial charge in [-0.3, -0.25) is 0 Å². The van der Waals surface area contributed by atoms with Crippen molar-refractivity contribution in [3.63, 3.8) is 0 Å². The highest BCUT2D eigenvalue weighted by atomic mass is 16.3. The fraction of sp³-hybridized carbons (Fsp3) is 0.647. The molecule has 2 N–H and O–H groups in total. The minimum absolute atomic E-state index is 0.421. The SMILES string of the molecule is Cc1cccc(C(O)CCN(C)CC2(O)CCCC2)c1. The Labute approximate surface area is 122 Å². The zero-order valence-electron chi connectivity index (χ0n) is 12.7. The number of hydrogen-bond donors (Lipinski definition) is 2. The quantitative estimate of drug-likeness (QED) is 0.840. The van der Waals surface area contributed by atoms with E-state index in [0.717, 1.165) is 37.8 Å². The normalized spacial score (nSPS) is 19.4. The molecule has 0 aromatic heterocycles. The topological polar surface area (TPSA) is 43.7 Å². The van der Waals surface area contributed by atoms with E-state index < -0.39 is 11.7 Å². The Hall–Kier alpha value is -0.900. The zero-order valence-corrected chi connectivity index (χ0v) is 12.7. The number of aliphatic hydroxyl groups is 2. The van der Waals surface area contributed by atoms with Crippen LogP contribution in [0.5, 0.6) is 0 Å². The molecule has 0 bridgehead atoms. The van der Waals surface area contributed by atoms with Gasteiger partial charge in [0.15, 0.2) is 0 Å². The van der Waals surface area contributed by atoms with Crippen LogP contribution in [0.15, 0.2) is 24.3 Å². The second-order valence-corrected chi connectivity index (χ2v) is 6.39. The first kappa shape index (κ1) is 15.5. The van der Waals surface area contributed by atoms with Gasteiger partial charge in [0, 0.05) is 13.1 Å². The average molecular weight is 277 g/mol. The van der Waals surface area contributed by atoms with Gasteiger partial charge in [-0.1, -0.05) is 42.7 Å². The summed E-state index contributed by atoms with van der Waals surface area (Å²) in [6, 6.07) is 8.04. The lowest BCUT2D eigenvalue weighted by Crippen LogP contribution is -2.39. The molecule has 20 heavy (non-hydrogen) atoms. The maximum atomic E-state index is 10.4. The number of rotatable bonds is 6. The van der Waals surface area contributed by atoms with Crippen molar-refractivity contribution in [2.75, 3.05) is 20.1 Å². The lowest BCUT2D eigenvalue weighted by molar-refractivity contribution is 0.0129. The van der Waals surface area contributed by atoms with Gasteiger partial charge >= 0.3 is 0 Å². The molecule has 0 amide bonds. The van der Waals surface area contributed by atoms with Crippen molar-refractivity contribution in [3.8, 4) is 0 Å². The van der Waals surface area contributed by atoms with Crippen LogP contribution in [0.2, 0.25) is 0 Å². The molecule has 3 heteroatoms. The van der Waals surface area contributed by atoms with E-state index in [1.54, 1.807) is 0 Å². The molecule has 112 valence electrons. The minimum atomic E-state index is -0.497. The van der Waals surface area contributed by atoms with Crippen molar-refractivity contribution >= 4 is 0 Å². The predicted octanol–water partition coefficient (Wildman–Crippen LogP) is 2.66. The summed E-state index contributed by atoms with van der Waals surface area (Å²) < 4.78 is 0. The number of likely N-dealkylation sites (N-methyl/N-ethyl adjacent to an activating group) is 1. The van der Waals surface area contributed by atoms with E-state index in [0.29, 0.717) is 13.0 Å². The maximum Gasteiger partial charge on any atom is 0.0802 e. The molecule has 0 aliphatic heterocycles. The third-order valence-electron chi connectivity index (χ3n) is 4.31. The molecule has 0 heterocycles. The molecule has 1 aliphatic rings. The molecular formula is C17H27NO2. The molecule has 1 atom stereocenters. The van der Waals surface area contributed by atoms with E-state index in [2.05, 4.69) is 4.90 Å². The maximum absolute atomic E-state index is 10.4.